The second-order valence-electron chi connectivity index (χ2n) is 13.1. The third-order valence-corrected chi connectivity index (χ3v) is 8.75. The van der Waals surface area contributed by atoms with E-state index >= 15 is 0 Å². The van der Waals surface area contributed by atoms with Gasteiger partial charge in [0, 0.05) is 44.6 Å². The number of nitrogens with zero attached hydrogens (tertiary/aromatic N) is 2. The van der Waals surface area contributed by atoms with Gasteiger partial charge in [0.25, 0.3) is 0 Å². The van der Waals surface area contributed by atoms with Gasteiger partial charge in [0.2, 0.25) is 35.4 Å². The Kier molecular flexibility index (Phi) is 17.0. The second-order valence-corrected chi connectivity index (χ2v) is 13.1. The molecule has 0 aliphatic carbocycles. The van der Waals surface area contributed by atoms with Gasteiger partial charge in [-0.1, -0.05) is 12.1 Å². The van der Waals surface area contributed by atoms with Crippen LogP contribution < -0.4 is 53.3 Å². The second kappa shape index (κ2) is 21.3. The molecule has 2 aromatic carbocycles. The quantitative estimate of drug-likeness (QED) is 0.0793. The van der Waals surface area contributed by atoms with Crippen LogP contribution in [0.1, 0.15) is 44.4 Å². The fourth-order valence-corrected chi connectivity index (χ4v) is 6.02. The maximum Gasteiger partial charge on any atom is 0.248 e. The first-order chi connectivity index (χ1) is 26.7. The van der Waals surface area contributed by atoms with Crippen molar-refractivity contribution in [1.29, 1.82) is 5.26 Å². The van der Waals surface area contributed by atoms with E-state index in [0.29, 0.717) is 28.2 Å². The number of fused-ring (bicyclic) bond motifs is 5. The van der Waals surface area contributed by atoms with Crippen molar-refractivity contribution in [3.8, 4) is 28.7 Å². The van der Waals surface area contributed by atoms with Gasteiger partial charge in [0.1, 0.15) is 61.5 Å². The van der Waals surface area contributed by atoms with Crippen LogP contribution in [0.5, 0.6) is 11.5 Å². The number of amides is 6. The van der Waals surface area contributed by atoms with E-state index in [1.807, 2.05) is 6.07 Å². The maximum absolute atomic E-state index is 14.3. The van der Waals surface area contributed by atoms with Crippen LogP contribution in [-0.2, 0) is 35.2 Å². The SMILES string of the molecule is CC(=O)N[C@@H](C(=O)N[C@@H](CCN)C(=O)N(C)[C@@H]1C(=O)N[C@@H](C)C(=O)N[C@H](C(=O)NCC#N)Cc2ccc(OCCN)c(c2)-c2cc1ccc2OCCN)C(C)O. The zero-order valence-electron chi connectivity index (χ0n) is 31.9. The highest BCUT2D eigenvalue weighted by molar-refractivity contribution is 5.97. The zero-order valence-corrected chi connectivity index (χ0v) is 31.9. The lowest BCUT2D eigenvalue weighted by Crippen LogP contribution is -2.58. The van der Waals surface area contributed by atoms with Crippen LogP contribution in [0.25, 0.3) is 11.1 Å². The standard InChI is InChI=1S/C37H52N10O9/c1-20-33(50)46-28(34(51)42-14-11-39)18-23-5-7-29(55-15-12-40)25(17-23)26-19-24(6-8-30(26)56-16-13-41)32(36(53)43-20)47(4)37(54)27(9-10-38)45-35(52)31(21(2)48)44-22(3)49/h5-8,17,19-21,27-28,31-32,48H,9-10,12-16,18,38,40-41H2,1-4H3,(H,42,51)(H,43,53)(H,44,49)(H,45,52)(H,46,50)/t20-,21?,27-,28-,31+,32-/m0/s1. The smallest absolute Gasteiger partial charge is 0.248 e. The molecule has 0 radical (unpaired) electrons. The molecule has 6 amide bonds. The number of carbonyl (C=O) groups excluding carboxylic acids is 6. The fraction of sp³-hybridized carbons (Fsp3) is 0.486. The van der Waals surface area contributed by atoms with Gasteiger partial charge in [-0.3, -0.25) is 28.8 Å². The highest BCUT2D eigenvalue weighted by atomic mass is 16.5. The Morgan fingerprint density at radius 3 is 2.16 bits per heavy atom. The molecule has 3 rings (SSSR count). The topological polar surface area (TPSA) is 306 Å². The number of benzene rings is 2. The van der Waals surface area contributed by atoms with E-state index < -0.39 is 71.8 Å². The van der Waals surface area contributed by atoms with Crippen molar-refractivity contribution >= 4 is 35.4 Å². The molecule has 19 nitrogen and oxygen atoms in total. The summed E-state index contributed by atoms with van der Waals surface area (Å²) in [6.45, 7) is 4.07. The molecule has 2 aromatic rings. The number of nitrogens with two attached hydrogens (primary N) is 3. The average molecular weight is 781 g/mol. The minimum absolute atomic E-state index is 0.0154. The van der Waals surface area contributed by atoms with E-state index in [9.17, 15) is 33.9 Å². The van der Waals surface area contributed by atoms with Gasteiger partial charge < -0.3 is 63.3 Å². The predicted octanol–water partition coefficient (Wildman–Crippen LogP) is -2.57. The number of hydrogen-bond donors (Lipinski definition) is 9. The number of rotatable bonds is 16. The first kappa shape index (κ1) is 44.6. The maximum atomic E-state index is 14.3. The fourth-order valence-electron chi connectivity index (χ4n) is 6.02. The number of aliphatic hydroxyl groups excluding tert-OH is 1. The summed E-state index contributed by atoms with van der Waals surface area (Å²) < 4.78 is 12.0. The molecule has 4 bridgehead atoms. The Morgan fingerprint density at radius 2 is 1.59 bits per heavy atom. The van der Waals surface area contributed by atoms with Crippen LogP contribution in [0, 0.1) is 11.3 Å². The van der Waals surface area contributed by atoms with Crippen molar-refractivity contribution in [3.05, 3.63) is 47.5 Å². The van der Waals surface area contributed by atoms with Crippen LogP contribution >= 0.6 is 0 Å². The first-order valence-corrected chi connectivity index (χ1v) is 18.1. The third kappa shape index (κ3) is 11.8. The third-order valence-electron chi connectivity index (χ3n) is 8.75. The van der Waals surface area contributed by atoms with Crippen molar-refractivity contribution in [2.75, 3.05) is 46.4 Å². The van der Waals surface area contributed by atoms with Gasteiger partial charge in [0.05, 0.1) is 12.2 Å². The molecule has 6 atom stereocenters. The Morgan fingerprint density at radius 1 is 0.964 bits per heavy atom. The first-order valence-electron chi connectivity index (χ1n) is 18.1. The normalized spacial score (nSPS) is 18.3. The molecule has 1 aliphatic rings. The van der Waals surface area contributed by atoms with Gasteiger partial charge in [0.15, 0.2) is 0 Å². The number of ether oxygens (including phenoxy) is 2. The van der Waals surface area contributed by atoms with Crippen molar-refractivity contribution in [1.82, 2.24) is 31.5 Å². The molecular formula is C37H52N10O9. The molecule has 304 valence electrons. The van der Waals surface area contributed by atoms with E-state index in [4.69, 9.17) is 31.9 Å². The van der Waals surface area contributed by atoms with E-state index in [0.717, 1.165) is 4.90 Å². The Labute approximate surface area is 325 Å². The highest BCUT2D eigenvalue weighted by Gasteiger charge is 2.37. The number of nitrogens with one attached hydrogen (secondary N) is 5. The molecule has 56 heavy (non-hydrogen) atoms. The lowest BCUT2D eigenvalue weighted by atomic mass is 9.93. The van der Waals surface area contributed by atoms with Gasteiger partial charge in [-0.2, -0.15) is 5.26 Å². The molecule has 0 saturated heterocycles. The van der Waals surface area contributed by atoms with Gasteiger partial charge in [-0.05, 0) is 62.2 Å². The summed E-state index contributed by atoms with van der Waals surface area (Å²) in [5.41, 5.74) is 19.1. The Hall–Kier alpha value is -5.81. The summed E-state index contributed by atoms with van der Waals surface area (Å²) in [7, 11) is 1.33. The predicted molar refractivity (Wildman–Crippen MR) is 203 cm³/mol. The summed E-state index contributed by atoms with van der Waals surface area (Å²) in [5.74, 6) is -3.69. The Balaban J connectivity index is 2.26. The molecule has 1 unspecified atom stereocenters. The van der Waals surface area contributed by atoms with Gasteiger partial charge in [-0.15, -0.1) is 0 Å². The molecule has 1 aliphatic heterocycles. The van der Waals surface area contributed by atoms with Crippen molar-refractivity contribution < 1.29 is 43.3 Å². The van der Waals surface area contributed by atoms with E-state index in [1.165, 1.54) is 27.8 Å². The molecule has 1 heterocycles. The number of likely N-dealkylation sites (N-methyl/N-ethyl adjacent to an activating group) is 1. The summed E-state index contributed by atoms with van der Waals surface area (Å²) in [4.78, 5) is 81.5. The molecule has 12 N–H and O–H groups in total. The van der Waals surface area contributed by atoms with E-state index in [2.05, 4.69) is 26.6 Å². The van der Waals surface area contributed by atoms with Crippen LogP contribution in [0.3, 0.4) is 0 Å². The van der Waals surface area contributed by atoms with E-state index in [1.54, 1.807) is 36.4 Å². The van der Waals surface area contributed by atoms with Crippen LogP contribution in [0.2, 0.25) is 0 Å². The summed E-state index contributed by atoms with van der Waals surface area (Å²) in [5, 5.41) is 31.9. The minimum Gasteiger partial charge on any atom is -0.492 e. The van der Waals surface area contributed by atoms with Crippen LogP contribution in [0.15, 0.2) is 36.4 Å². The lowest BCUT2D eigenvalue weighted by Gasteiger charge is -2.33. The number of hydrogen-bond acceptors (Lipinski definition) is 13. The highest BCUT2D eigenvalue weighted by Crippen LogP contribution is 2.40. The number of nitriles is 1. The van der Waals surface area contributed by atoms with Crippen molar-refractivity contribution in [2.45, 2.75) is 69.9 Å². The molecule has 19 heteroatoms. The van der Waals surface area contributed by atoms with Crippen molar-refractivity contribution in [2.24, 2.45) is 17.2 Å². The summed E-state index contributed by atoms with van der Waals surface area (Å²) >= 11 is 0. The molecule has 0 saturated carbocycles. The van der Waals surface area contributed by atoms with Crippen molar-refractivity contribution in [3.63, 3.8) is 0 Å². The molecule has 0 fully saturated rings. The largest absolute Gasteiger partial charge is 0.492 e. The van der Waals surface area contributed by atoms with Crippen LogP contribution in [-0.4, -0.2) is 122 Å². The summed E-state index contributed by atoms with van der Waals surface area (Å²) in [6, 6.07) is 5.15. The van der Waals surface area contributed by atoms with Gasteiger partial charge in [-0.25, -0.2) is 0 Å². The molecular weight excluding hydrogens is 728 g/mol. The average Bonchev–Trinajstić information content (AvgIpc) is 3.16. The zero-order chi connectivity index (χ0) is 41.5. The van der Waals surface area contributed by atoms with Crippen LogP contribution in [0.4, 0.5) is 0 Å². The van der Waals surface area contributed by atoms with E-state index in [-0.39, 0.29) is 57.8 Å². The van der Waals surface area contributed by atoms with Gasteiger partial charge >= 0.3 is 0 Å². The molecule has 0 spiro atoms. The number of aliphatic hydroxyl groups is 1. The Bertz CT molecular complexity index is 1780. The minimum atomic E-state index is -1.45. The number of carbonyl (C=O) groups is 6. The lowest BCUT2D eigenvalue weighted by molar-refractivity contribution is -0.143. The summed E-state index contributed by atoms with van der Waals surface area (Å²) in [6.07, 6.45) is -1.43. The molecule has 0 aromatic heterocycles. The monoisotopic (exact) mass is 780 g/mol.